The van der Waals surface area contributed by atoms with E-state index in [9.17, 15) is 4.79 Å². The molecule has 0 aliphatic heterocycles. The Morgan fingerprint density at radius 1 is 1.37 bits per heavy atom. The maximum Gasteiger partial charge on any atom is 0.243 e. The minimum absolute atomic E-state index is 0.286. The lowest BCUT2D eigenvalue weighted by molar-refractivity contribution is -0.124. The van der Waals surface area contributed by atoms with E-state index in [1.807, 2.05) is 24.3 Å². The van der Waals surface area contributed by atoms with E-state index >= 15 is 0 Å². The van der Waals surface area contributed by atoms with E-state index in [2.05, 4.69) is 19.2 Å². The maximum atomic E-state index is 12.0. The van der Waals surface area contributed by atoms with Crippen molar-refractivity contribution in [3.8, 4) is 0 Å². The van der Waals surface area contributed by atoms with Gasteiger partial charge in [0.05, 0.1) is 10.7 Å². The first kappa shape index (κ1) is 14.2. The standard InChI is InChI=1S/C15H21ClN2O/c1-10-7-8-15(14(17)19,9-11(10)2)18-13-6-4-3-5-12(13)16/h3-6,10-11,18H,7-9H2,1-2H3,(H2,17,19). The molecule has 1 aliphatic rings. The Morgan fingerprint density at radius 2 is 2.05 bits per heavy atom. The number of anilines is 1. The highest BCUT2D eigenvalue weighted by Crippen LogP contribution is 2.39. The van der Waals surface area contributed by atoms with Crippen molar-refractivity contribution in [2.75, 3.05) is 5.32 Å². The predicted octanol–water partition coefficient (Wildman–Crippen LogP) is 3.43. The van der Waals surface area contributed by atoms with Gasteiger partial charge in [-0.2, -0.15) is 0 Å². The summed E-state index contributed by atoms with van der Waals surface area (Å²) in [5.74, 6) is 0.808. The van der Waals surface area contributed by atoms with Crippen molar-refractivity contribution in [1.29, 1.82) is 0 Å². The molecule has 0 saturated heterocycles. The third kappa shape index (κ3) is 2.86. The molecule has 3 N–H and O–H groups in total. The Labute approximate surface area is 119 Å². The van der Waals surface area contributed by atoms with Crippen LogP contribution in [-0.4, -0.2) is 11.4 Å². The van der Waals surface area contributed by atoms with Crippen LogP contribution in [0.5, 0.6) is 0 Å². The molecule has 19 heavy (non-hydrogen) atoms. The third-order valence-electron chi connectivity index (χ3n) is 4.39. The van der Waals surface area contributed by atoms with Crippen LogP contribution in [-0.2, 0) is 4.79 Å². The Morgan fingerprint density at radius 3 is 2.63 bits per heavy atom. The lowest BCUT2D eigenvalue weighted by Gasteiger charge is -2.41. The molecular weight excluding hydrogens is 260 g/mol. The number of carbonyl (C=O) groups excluding carboxylic acids is 1. The molecule has 3 unspecified atom stereocenters. The molecule has 1 aliphatic carbocycles. The zero-order valence-electron chi connectivity index (χ0n) is 11.4. The molecule has 1 aromatic carbocycles. The van der Waals surface area contributed by atoms with Crippen LogP contribution in [0.1, 0.15) is 33.1 Å². The zero-order valence-corrected chi connectivity index (χ0v) is 12.2. The summed E-state index contributed by atoms with van der Waals surface area (Å²) in [6.45, 7) is 4.40. The number of para-hydroxylation sites is 1. The van der Waals surface area contributed by atoms with Crippen LogP contribution in [0.25, 0.3) is 0 Å². The third-order valence-corrected chi connectivity index (χ3v) is 4.72. The van der Waals surface area contributed by atoms with Crippen LogP contribution in [0.3, 0.4) is 0 Å². The number of hydrogen-bond acceptors (Lipinski definition) is 2. The van der Waals surface area contributed by atoms with Crippen LogP contribution in [0, 0.1) is 11.8 Å². The van der Waals surface area contributed by atoms with Crippen molar-refractivity contribution in [3.63, 3.8) is 0 Å². The number of amides is 1. The molecule has 1 amide bonds. The van der Waals surface area contributed by atoms with Crippen molar-refractivity contribution < 1.29 is 4.79 Å². The molecule has 3 atom stereocenters. The first-order chi connectivity index (χ1) is 8.94. The van der Waals surface area contributed by atoms with Gasteiger partial charge in [-0.3, -0.25) is 4.79 Å². The van der Waals surface area contributed by atoms with Gasteiger partial charge in [-0.1, -0.05) is 37.6 Å². The van der Waals surface area contributed by atoms with Gasteiger partial charge in [-0.05, 0) is 43.2 Å². The average molecular weight is 281 g/mol. The van der Waals surface area contributed by atoms with Gasteiger partial charge < -0.3 is 11.1 Å². The van der Waals surface area contributed by atoms with Gasteiger partial charge in [0, 0.05) is 0 Å². The number of rotatable bonds is 3. The van der Waals surface area contributed by atoms with Gasteiger partial charge in [-0.15, -0.1) is 0 Å². The normalized spacial score (nSPS) is 30.9. The Bertz CT molecular complexity index is 477. The van der Waals surface area contributed by atoms with E-state index in [1.54, 1.807) is 0 Å². The van der Waals surface area contributed by atoms with Gasteiger partial charge in [0.25, 0.3) is 0 Å². The van der Waals surface area contributed by atoms with E-state index in [4.69, 9.17) is 17.3 Å². The quantitative estimate of drug-likeness (QED) is 0.891. The molecule has 3 nitrogen and oxygen atoms in total. The van der Waals surface area contributed by atoms with Crippen molar-refractivity contribution in [1.82, 2.24) is 0 Å². The highest BCUT2D eigenvalue weighted by molar-refractivity contribution is 6.33. The fourth-order valence-electron chi connectivity index (χ4n) is 2.83. The summed E-state index contributed by atoms with van der Waals surface area (Å²) in [6, 6.07) is 7.47. The molecule has 4 heteroatoms. The first-order valence-corrected chi connectivity index (χ1v) is 7.15. The molecule has 2 rings (SSSR count). The van der Waals surface area contributed by atoms with Crippen LogP contribution in [0.15, 0.2) is 24.3 Å². The van der Waals surface area contributed by atoms with Gasteiger partial charge in [0.2, 0.25) is 5.91 Å². The Kier molecular flexibility index (Phi) is 4.04. The molecule has 0 spiro atoms. The van der Waals surface area contributed by atoms with Crippen LogP contribution in [0.2, 0.25) is 5.02 Å². The topological polar surface area (TPSA) is 55.1 Å². The SMILES string of the molecule is CC1CCC(Nc2ccccc2Cl)(C(N)=O)CC1C. The number of hydrogen-bond donors (Lipinski definition) is 2. The first-order valence-electron chi connectivity index (χ1n) is 6.77. The van der Waals surface area contributed by atoms with Gasteiger partial charge >= 0.3 is 0 Å². The van der Waals surface area contributed by atoms with Crippen molar-refractivity contribution in [2.24, 2.45) is 17.6 Å². The number of benzene rings is 1. The number of primary amides is 1. The fourth-order valence-corrected chi connectivity index (χ4v) is 3.01. The van der Waals surface area contributed by atoms with Crippen molar-refractivity contribution in [2.45, 2.75) is 38.6 Å². The average Bonchev–Trinajstić information content (AvgIpc) is 2.36. The largest absolute Gasteiger partial charge is 0.370 e. The second kappa shape index (κ2) is 5.41. The summed E-state index contributed by atoms with van der Waals surface area (Å²) in [5.41, 5.74) is 5.78. The monoisotopic (exact) mass is 280 g/mol. The minimum Gasteiger partial charge on any atom is -0.370 e. The summed E-state index contributed by atoms with van der Waals surface area (Å²) in [4.78, 5) is 12.0. The highest BCUT2D eigenvalue weighted by Gasteiger charge is 2.42. The van der Waals surface area contributed by atoms with Crippen molar-refractivity contribution >= 4 is 23.2 Å². The van der Waals surface area contributed by atoms with E-state index in [0.29, 0.717) is 16.9 Å². The molecule has 1 fully saturated rings. The molecule has 1 saturated carbocycles. The van der Waals surface area contributed by atoms with E-state index < -0.39 is 5.54 Å². The molecule has 0 heterocycles. The summed E-state index contributed by atoms with van der Waals surface area (Å²) >= 11 is 6.16. The smallest absolute Gasteiger partial charge is 0.243 e. The van der Waals surface area contributed by atoms with Gasteiger partial charge in [0.1, 0.15) is 5.54 Å². The van der Waals surface area contributed by atoms with Crippen molar-refractivity contribution in [3.05, 3.63) is 29.3 Å². The molecule has 0 bridgehead atoms. The van der Waals surface area contributed by atoms with E-state index in [-0.39, 0.29) is 5.91 Å². The second-order valence-electron chi connectivity index (χ2n) is 5.75. The number of carbonyl (C=O) groups is 1. The number of halogens is 1. The Hall–Kier alpha value is -1.22. The lowest BCUT2D eigenvalue weighted by Crippen LogP contribution is -2.54. The predicted molar refractivity (Wildman–Crippen MR) is 79.2 cm³/mol. The van der Waals surface area contributed by atoms with Crippen LogP contribution >= 0.6 is 11.6 Å². The summed E-state index contributed by atoms with van der Waals surface area (Å²) in [7, 11) is 0. The lowest BCUT2D eigenvalue weighted by atomic mass is 9.70. The molecule has 0 radical (unpaired) electrons. The molecular formula is C15H21ClN2O. The van der Waals surface area contributed by atoms with Gasteiger partial charge in [-0.25, -0.2) is 0 Å². The summed E-state index contributed by atoms with van der Waals surface area (Å²) in [6.07, 6.45) is 2.52. The minimum atomic E-state index is -0.670. The molecule has 104 valence electrons. The van der Waals surface area contributed by atoms with E-state index in [1.165, 1.54) is 0 Å². The summed E-state index contributed by atoms with van der Waals surface area (Å²) < 4.78 is 0. The summed E-state index contributed by atoms with van der Waals surface area (Å²) in [5, 5.41) is 3.93. The fraction of sp³-hybridized carbons (Fsp3) is 0.533. The maximum absolute atomic E-state index is 12.0. The number of nitrogens with two attached hydrogens (primary N) is 1. The number of nitrogens with one attached hydrogen (secondary N) is 1. The van der Waals surface area contributed by atoms with E-state index in [0.717, 1.165) is 24.9 Å². The molecule has 1 aromatic rings. The van der Waals surface area contributed by atoms with Gasteiger partial charge in [0.15, 0.2) is 0 Å². The highest BCUT2D eigenvalue weighted by atomic mass is 35.5. The van der Waals surface area contributed by atoms with Crippen LogP contribution in [0.4, 0.5) is 5.69 Å². The van der Waals surface area contributed by atoms with Crippen LogP contribution < -0.4 is 11.1 Å². The Balaban J connectivity index is 2.26. The molecule has 0 aromatic heterocycles. The second-order valence-corrected chi connectivity index (χ2v) is 6.16. The zero-order chi connectivity index (χ0) is 14.0.